The summed E-state index contributed by atoms with van der Waals surface area (Å²) in [6.07, 6.45) is 1.23. The Balaban J connectivity index is 2.48. The third-order valence-electron chi connectivity index (χ3n) is 2.23. The zero-order valence-corrected chi connectivity index (χ0v) is 10.4. The second-order valence-electron chi connectivity index (χ2n) is 3.50. The van der Waals surface area contributed by atoms with Crippen molar-refractivity contribution in [1.82, 2.24) is 0 Å². The second kappa shape index (κ2) is 6.55. The van der Waals surface area contributed by atoms with E-state index in [4.69, 9.17) is 4.74 Å². The largest absolute Gasteiger partial charge is 0.384 e. The molecule has 0 aliphatic rings. The molecule has 0 aliphatic heterocycles. The Labute approximate surface area is 99.4 Å². The van der Waals surface area contributed by atoms with E-state index < -0.39 is 0 Å². The number of thiophene rings is 1. The van der Waals surface area contributed by atoms with Gasteiger partial charge in [-0.1, -0.05) is 6.92 Å². The zero-order chi connectivity index (χ0) is 12.0. The number of ether oxygens (including phenoxy) is 1. The van der Waals surface area contributed by atoms with Crippen LogP contribution >= 0.6 is 11.3 Å². The van der Waals surface area contributed by atoms with Gasteiger partial charge in [0.2, 0.25) is 0 Å². The van der Waals surface area contributed by atoms with Gasteiger partial charge in [0.15, 0.2) is 5.78 Å². The number of hydrogen-bond acceptors (Lipinski definition) is 4. The number of carbonyl (C=O) groups is 2. The number of hydrogen-bond donors (Lipinski definition) is 0. The highest BCUT2D eigenvalue weighted by atomic mass is 32.1. The van der Waals surface area contributed by atoms with E-state index in [9.17, 15) is 9.59 Å². The topological polar surface area (TPSA) is 43.4 Å². The molecular formula is C12H16O3S. The Bertz CT molecular complexity index is 368. The number of methoxy groups -OCH3 is 1. The molecule has 0 unspecified atom stereocenters. The van der Waals surface area contributed by atoms with Crippen molar-refractivity contribution in [2.75, 3.05) is 13.7 Å². The van der Waals surface area contributed by atoms with Gasteiger partial charge in [0, 0.05) is 18.4 Å². The Morgan fingerprint density at radius 3 is 2.69 bits per heavy atom. The lowest BCUT2D eigenvalue weighted by molar-refractivity contribution is -0.119. The lowest BCUT2D eigenvalue weighted by Gasteiger charge is -1.98. The van der Waals surface area contributed by atoms with Crippen LogP contribution in [-0.2, 0) is 16.0 Å². The van der Waals surface area contributed by atoms with Crippen LogP contribution in [0.1, 0.15) is 34.3 Å². The number of carbonyl (C=O) groups excluding carboxylic acids is 2. The standard InChI is InChI=1S/C12H16O3S/c1-3-10-4-5-12(16-10)11(14)8-9(13)6-7-15-2/h4-5H,3,6-8H2,1-2H3. The molecule has 1 rings (SSSR count). The molecule has 1 heterocycles. The highest BCUT2D eigenvalue weighted by Crippen LogP contribution is 2.18. The third-order valence-corrected chi connectivity index (χ3v) is 3.50. The molecule has 0 amide bonds. The highest BCUT2D eigenvalue weighted by Gasteiger charge is 2.13. The summed E-state index contributed by atoms with van der Waals surface area (Å²) < 4.78 is 4.79. The molecule has 0 fully saturated rings. The number of ketones is 2. The summed E-state index contributed by atoms with van der Waals surface area (Å²) in [6, 6.07) is 3.74. The van der Waals surface area contributed by atoms with Gasteiger partial charge in [-0.15, -0.1) is 11.3 Å². The van der Waals surface area contributed by atoms with Gasteiger partial charge in [0.05, 0.1) is 17.9 Å². The first kappa shape index (κ1) is 13.1. The molecule has 0 N–H and O–H groups in total. The van der Waals surface area contributed by atoms with Crippen LogP contribution in [-0.4, -0.2) is 25.3 Å². The number of rotatable bonds is 7. The summed E-state index contributed by atoms with van der Waals surface area (Å²) in [5.74, 6) is -0.135. The van der Waals surface area contributed by atoms with Crippen molar-refractivity contribution in [3.8, 4) is 0 Å². The average molecular weight is 240 g/mol. The Morgan fingerprint density at radius 1 is 1.38 bits per heavy atom. The summed E-state index contributed by atoms with van der Waals surface area (Å²) in [7, 11) is 1.54. The second-order valence-corrected chi connectivity index (χ2v) is 4.67. The van der Waals surface area contributed by atoms with E-state index in [2.05, 4.69) is 0 Å². The van der Waals surface area contributed by atoms with Crippen molar-refractivity contribution >= 4 is 22.9 Å². The van der Waals surface area contributed by atoms with Gasteiger partial charge in [0.25, 0.3) is 0 Å². The maximum Gasteiger partial charge on any atom is 0.180 e. The van der Waals surface area contributed by atoms with E-state index in [0.29, 0.717) is 17.9 Å². The molecule has 0 radical (unpaired) electrons. The highest BCUT2D eigenvalue weighted by molar-refractivity contribution is 7.14. The fourth-order valence-electron chi connectivity index (χ4n) is 1.29. The van der Waals surface area contributed by atoms with Gasteiger partial charge in [-0.25, -0.2) is 0 Å². The van der Waals surface area contributed by atoms with Crippen LogP contribution in [0.15, 0.2) is 12.1 Å². The molecule has 0 atom stereocenters. The SMILES string of the molecule is CCc1ccc(C(=O)CC(=O)CCOC)s1. The van der Waals surface area contributed by atoms with Crippen LogP contribution in [0.3, 0.4) is 0 Å². The summed E-state index contributed by atoms with van der Waals surface area (Å²) in [5, 5.41) is 0. The fraction of sp³-hybridized carbons (Fsp3) is 0.500. The predicted octanol–water partition coefficient (Wildman–Crippen LogP) is 2.49. The molecule has 1 aromatic rings. The lowest BCUT2D eigenvalue weighted by Crippen LogP contribution is -2.09. The summed E-state index contributed by atoms with van der Waals surface area (Å²) in [6.45, 7) is 2.43. The Kier molecular flexibility index (Phi) is 5.35. The van der Waals surface area contributed by atoms with E-state index in [1.165, 1.54) is 16.2 Å². The summed E-state index contributed by atoms with van der Waals surface area (Å²) >= 11 is 1.47. The predicted molar refractivity (Wildman–Crippen MR) is 64.1 cm³/mol. The third kappa shape index (κ3) is 3.87. The van der Waals surface area contributed by atoms with Crippen LogP contribution in [0.5, 0.6) is 0 Å². The van der Waals surface area contributed by atoms with Crippen molar-refractivity contribution < 1.29 is 14.3 Å². The van der Waals surface area contributed by atoms with E-state index in [0.717, 1.165) is 6.42 Å². The summed E-state index contributed by atoms with van der Waals surface area (Å²) in [4.78, 5) is 24.9. The van der Waals surface area contributed by atoms with E-state index >= 15 is 0 Å². The average Bonchev–Trinajstić information content (AvgIpc) is 2.74. The molecule has 1 aromatic heterocycles. The van der Waals surface area contributed by atoms with Crippen LogP contribution < -0.4 is 0 Å². The van der Waals surface area contributed by atoms with Crippen molar-refractivity contribution in [1.29, 1.82) is 0 Å². The molecular weight excluding hydrogens is 224 g/mol. The molecule has 4 heteroatoms. The van der Waals surface area contributed by atoms with Crippen LogP contribution in [0.2, 0.25) is 0 Å². The molecule has 0 saturated carbocycles. The maximum atomic E-state index is 11.7. The van der Waals surface area contributed by atoms with Crippen LogP contribution in [0.25, 0.3) is 0 Å². The number of Topliss-reactive ketones (excluding diaryl/α,β-unsaturated/α-hetero) is 2. The minimum absolute atomic E-state index is 0.00692. The van der Waals surface area contributed by atoms with E-state index in [1.807, 2.05) is 13.0 Å². The van der Waals surface area contributed by atoms with Gasteiger partial charge < -0.3 is 4.74 Å². The van der Waals surface area contributed by atoms with Gasteiger partial charge in [-0.2, -0.15) is 0 Å². The minimum atomic E-state index is -0.0780. The first-order valence-electron chi connectivity index (χ1n) is 5.30. The number of aryl methyl sites for hydroxylation is 1. The molecule has 0 saturated heterocycles. The van der Waals surface area contributed by atoms with Crippen molar-refractivity contribution in [3.05, 3.63) is 21.9 Å². The smallest absolute Gasteiger partial charge is 0.180 e. The first-order valence-corrected chi connectivity index (χ1v) is 6.11. The first-order chi connectivity index (χ1) is 7.67. The lowest BCUT2D eigenvalue weighted by atomic mass is 10.1. The maximum absolute atomic E-state index is 11.7. The Morgan fingerprint density at radius 2 is 2.12 bits per heavy atom. The fourth-order valence-corrected chi connectivity index (χ4v) is 2.17. The minimum Gasteiger partial charge on any atom is -0.384 e. The van der Waals surface area contributed by atoms with Gasteiger partial charge in [-0.3, -0.25) is 9.59 Å². The molecule has 0 aliphatic carbocycles. The van der Waals surface area contributed by atoms with Gasteiger partial charge in [0.1, 0.15) is 5.78 Å². The van der Waals surface area contributed by atoms with Crippen LogP contribution in [0, 0.1) is 0 Å². The van der Waals surface area contributed by atoms with Crippen molar-refractivity contribution in [2.45, 2.75) is 26.2 Å². The zero-order valence-electron chi connectivity index (χ0n) is 9.62. The van der Waals surface area contributed by atoms with E-state index in [-0.39, 0.29) is 18.0 Å². The monoisotopic (exact) mass is 240 g/mol. The van der Waals surface area contributed by atoms with Gasteiger partial charge >= 0.3 is 0 Å². The van der Waals surface area contributed by atoms with Crippen molar-refractivity contribution in [2.24, 2.45) is 0 Å². The summed E-state index contributed by atoms with van der Waals surface area (Å²) in [5.41, 5.74) is 0. The molecule has 3 nitrogen and oxygen atoms in total. The van der Waals surface area contributed by atoms with Gasteiger partial charge in [-0.05, 0) is 18.6 Å². The van der Waals surface area contributed by atoms with E-state index in [1.54, 1.807) is 13.2 Å². The quantitative estimate of drug-likeness (QED) is 0.543. The molecule has 0 spiro atoms. The molecule has 88 valence electrons. The molecule has 0 aromatic carbocycles. The molecule has 16 heavy (non-hydrogen) atoms. The van der Waals surface area contributed by atoms with Crippen molar-refractivity contribution in [3.63, 3.8) is 0 Å². The molecule has 0 bridgehead atoms. The van der Waals surface area contributed by atoms with Crippen LogP contribution in [0.4, 0.5) is 0 Å². The normalized spacial score (nSPS) is 10.4. The Hall–Kier alpha value is -1.00.